The van der Waals surface area contributed by atoms with Gasteiger partial charge >= 0.3 is 5.97 Å². The number of benzene rings is 1. The summed E-state index contributed by atoms with van der Waals surface area (Å²) in [5.74, 6) is -3.30. The number of rotatable bonds is 5. The molecule has 1 aliphatic rings. The molecule has 3 rings (SSSR count). The number of fused-ring (bicyclic) bond motifs is 1. The van der Waals surface area contributed by atoms with Gasteiger partial charge in [-0.2, -0.15) is 0 Å². The fourth-order valence-corrected chi connectivity index (χ4v) is 3.94. The summed E-state index contributed by atoms with van der Waals surface area (Å²) in [6.45, 7) is 4.40. The number of carboxylic acid groups (broad SMARTS) is 1. The van der Waals surface area contributed by atoms with E-state index in [2.05, 4.69) is 5.16 Å². The molecule has 2 aromatic rings. The van der Waals surface area contributed by atoms with Gasteiger partial charge in [-0.1, -0.05) is 12.1 Å². The quantitative estimate of drug-likeness (QED) is 0.715. The van der Waals surface area contributed by atoms with E-state index in [0.29, 0.717) is 12.1 Å². The number of nitrogens with two attached hydrogens (primary N) is 1. The van der Waals surface area contributed by atoms with Crippen molar-refractivity contribution in [3.05, 3.63) is 39.7 Å². The molecule has 1 atom stereocenters. The van der Waals surface area contributed by atoms with Crippen LogP contribution in [0.15, 0.2) is 22.2 Å². The summed E-state index contributed by atoms with van der Waals surface area (Å²) in [7, 11) is 1.42. The summed E-state index contributed by atoms with van der Waals surface area (Å²) >= 11 is 0. The van der Waals surface area contributed by atoms with Crippen LogP contribution in [0.5, 0.6) is 0 Å². The molecule has 0 bridgehead atoms. The monoisotopic (exact) mass is 422 g/mol. The Balaban J connectivity index is 2.21. The number of carbonyl (C=O) groups is 1. The van der Waals surface area contributed by atoms with E-state index >= 15 is 8.78 Å². The van der Waals surface area contributed by atoms with Crippen molar-refractivity contribution in [1.82, 2.24) is 4.57 Å². The Morgan fingerprint density at radius 3 is 2.70 bits per heavy atom. The normalized spacial score (nSPS) is 20.7. The average Bonchev–Trinajstić information content (AvgIpc) is 2.70. The molecule has 0 saturated carbocycles. The van der Waals surface area contributed by atoms with Gasteiger partial charge in [-0.05, 0) is 13.0 Å². The summed E-state index contributed by atoms with van der Waals surface area (Å²) in [4.78, 5) is 30.3. The summed E-state index contributed by atoms with van der Waals surface area (Å²) < 4.78 is 32.0. The van der Waals surface area contributed by atoms with Crippen molar-refractivity contribution in [2.75, 3.05) is 31.6 Å². The highest BCUT2D eigenvalue weighted by molar-refractivity contribution is 5.95. The molecular formula is C20H24F2N4O4. The molecule has 2 heterocycles. The van der Waals surface area contributed by atoms with Crippen molar-refractivity contribution < 1.29 is 23.5 Å². The second-order valence-electron chi connectivity index (χ2n) is 7.54. The topological polar surface area (TPSA) is 110 Å². The molecule has 3 N–H and O–H groups in total. The van der Waals surface area contributed by atoms with Crippen LogP contribution in [-0.4, -0.2) is 48.1 Å². The van der Waals surface area contributed by atoms with Crippen LogP contribution in [0.4, 0.5) is 14.5 Å². The van der Waals surface area contributed by atoms with Crippen molar-refractivity contribution in [3.8, 4) is 0 Å². The average molecular weight is 422 g/mol. The number of oxime groups is 1. The van der Waals surface area contributed by atoms with E-state index in [1.807, 2.05) is 6.92 Å². The maximum Gasteiger partial charge on any atom is 0.341 e. The fraction of sp³-hybridized carbons (Fsp3) is 0.450. The fourth-order valence-electron chi connectivity index (χ4n) is 3.94. The number of carboxylic acids is 1. The third kappa shape index (κ3) is 3.41. The predicted octanol–water partition coefficient (Wildman–Crippen LogP) is 2.18. The molecule has 0 spiro atoms. The van der Waals surface area contributed by atoms with E-state index < -0.39 is 34.0 Å². The lowest BCUT2D eigenvalue weighted by atomic mass is 9.79. The highest BCUT2D eigenvalue weighted by Crippen LogP contribution is 2.35. The highest BCUT2D eigenvalue weighted by Gasteiger charge is 2.38. The van der Waals surface area contributed by atoms with E-state index in [0.717, 1.165) is 12.3 Å². The SMILES string of the molecule is CCn1cc(C(=O)O)c(=O)c2cc(F)c(N3CC/C(=N/OC)C(C)(CN)C3)c(F)c21. The number of piperidine rings is 1. The molecule has 1 unspecified atom stereocenters. The highest BCUT2D eigenvalue weighted by atomic mass is 19.1. The maximum atomic E-state index is 15.6. The first-order chi connectivity index (χ1) is 14.2. The third-order valence-corrected chi connectivity index (χ3v) is 5.62. The first-order valence-electron chi connectivity index (χ1n) is 9.52. The molecule has 10 heteroatoms. The van der Waals surface area contributed by atoms with Crippen LogP contribution in [0.1, 0.15) is 30.6 Å². The Hall–Kier alpha value is -3.01. The van der Waals surface area contributed by atoms with Crippen LogP contribution in [0.25, 0.3) is 10.9 Å². The molecule has 1 fully saturated rings. The number of aromatic carboxylic acids is 1. The minimum atomic E-state index is -1.45. The Labute approximate surface area is 171 Å². The maximum absolute atomic E-state index is 15.6. The zero-order valence-electron chi connectivity index (χ0n) is 17.0. The zero-order valence-corrected chi connectivity index (χ0v) is 17.0. The largest absolute Gasteiger partial charge is 0.477 e. The van der Waals surface area contributed by atoms with Gasteiger partial charge in [0, 0.05) is 44.2 Å². The second-order valence-corrected chi connectivity index (χ2v) is 7.54. The Bertz CT molecular complexity index is 1100. The third-order valence-electron chi connectivity index (χ3n) is 5.62. The number of nitrogens with zero attached hydrogens (tertiary/aromatic N) is 3. The number of hydrogen-bond donors (Lipinski definition) is 2. The molecule has 1 aliphatic heterocycles. The molecule has 1 saturated heterocycles. The van der Waals surface area contributed by atoms with E-state index in [1.165, 1.54) is 11.7 Å². The number of hydrogen-bond acceptors (Lipinski definition) is 6. The van der Waals surface area contributed by atoms with Gasteiger partial charge in [-0.15, -0.1) is 0 Å². The number of halogens is 2. The van der Waals surface area contributed by atoms with E-state index in [9.17, 15) is 14.7 Å². The first-order valence-corrected chi connectivity index (χ1v) is 9.52. The van der Waals surface area contributed by atoms with Gasteiger partial charge in [0.1, 0.15) is 24.2 Å². The lowest BCUT2D eigenvalue weighted by Gasteiger charge is -2.41. The lowest BCUT2D eigenvalue weighted by Crippen LogP contribution is -2.52. The van der Waals surface area contributed by atoms with Gasteiger partial charge in [0.2, 0.25) is 5.43 Å². The van der Waals surface area contributed by atoms with Gasteiger partial charge in [-0.3, -0.25) is 4.79 Å². The molecule has 30 heavy (non-hydrogen) atoms. The van der Waals surface area contributed by atoms with E-state index in [4.69, 9.17) is 10.6 Å². The van der Waals surface area contributed by atoms with Crippen LogP contribution in [-0.2, 0) is 11.4 Å². The summed E-state index contributed by atoms with van der Waals surface area (Å²) in [5, 5.41) is 13.0. The van der Waals surface area contributed by atoms with Crippen LogP contribution in [0.3, 0.4) is 0 Å². The van der Waals surface area contributed by atoms with Gasteiger partial charge < -0.3 is 25.1 Å². The van der Waals surface area contributed by atoms with Crippen molar-refractivity contribution in [1.29, 1.82) is 0 Å². The summed E-state index contributed by atoms with van der Waals surface area (Å²) in [5.41, 5.74) is 4.11. The van der Waals surface area contributed by atoms with Crippen molar-refractivity contribution in [2.24, 2.45) is 16.3 Å². The van der Waals surface area contributed by atoms with Crippen molar-refractivity contribution in [3.63, 3.8) is 0 Å². The van der Waals surface area contributed by atoms with E-state index in [1.54, 1.807) is 11.8 Å². The summed E-state index contributed by atoms with van der Waals surface area (Å²) in [6, 6.07) is 0.910. The van der Waals surface area contributed by atoms with Crippen LogP contribution >= 0.6 is 0 Å². The number of pyridine rings is 1. The Morgan fingerprint density at radius 1 is 1.43 bits per heavy atom. The van der Waals surface area contributed by atoms with Gasteiger partial charge in [0.15, 0.2) is 5.82 Å². The molecule has 8 nitrogen and oxygen atoms in total. The molecule has 1 aromatic heterocycles. The molecule has 0 radical (unpaired) electrons. The number of aryl methyl sites for hydroxylation is 1. The lowest BCUT2D eigenvalue weighted by molar-refractivity contribution is 0.0694. The number of anilines is 1. The standard InChI is InChI=1S/C20H24F2N4O4/c1-4-25-8-12(19(28)29)18(27)11-7-13(21)17(15(22)16(11)25)26-6-5-14(24-30-3)20(2,9-23)10-26/h7-8H,4-6,9-10,23H2,1-3H3,(H,28,29)/b24-14-. The predicted molar refractivity (Wildman–Crippen MR) is 109 cm³/mol. The number of aromatic nitrogens is 1. The van der Waals surface area contributed by atoms with E-state index in [-0.39, 0.29) is 42.8 Å². The van der Waals surface area contributed by atoms with Gasteiger partial charge in [-0.25, -0.2) is 13.6 Å². The first kappa shape index (κ1) is 21.7. The Morgan fingerprint density at radius 2 is 2.13 bits per heavy atom. The van der Waals surface area contributed by atoms with Crippen molar-refractivity contribution >= 4 is 28.3 Å². The van der Waals surface area contributed by atoms with Gasteiger partial charge in [0.05, 0.1) is 16.6 Å². The van der Waals surface area contributed by atoms with Crippen molar-refractivity contribution in [2.45, 2.75) is 26.8 Å². The minimum Gasteiger partial charge on any atom is -0.477 e. The molecule has 1 aromatic carbocycles. The second kappa shape index (κ2) is 8.02. The molecule has 162 valence electrons. The van der Waals surface area contributed by atoms with Crippen LogP contribution < -0.4 is 16.1 Å². The smallest absolute Gasteiger partial charge is 0.341 e. The Kier molecular flexibility index (Phi) is 5.80. The molecule has 0 aliphatic carbocycles. The zero-order chi connectivity index (χ0) is 22.2. The van der Waals surface area contributed by atoms with Gasteiger partial charge in [0.25, 0.3) is 0 Å². The minimum absolute atomic E-state index is 0.130. The molecule has 0 amide bonds. The van der Waals surface area contributed by atoms with Crippen LogP contribution in [0, 0.1) is 17.0 Å². The van der Waals surface area contributed by atoms with Crippen LogP contribution in [0.2, 0.25) is 0 Å². The molecular weight excluding hydrogens is 398 g/mol. The summed E-state index contributed by atoms with van der Waals surface area (Å²) in [6.07, 6.45) is 1.48.